The Balaban J connectivity index is 1.85. The van der Waals surface area contributed by atoms with Crippen molar-refractivity contribution >= 4 is 15.9 Å². The number of hydrogen-bond donors (Lipinski definition) is 0. The molecule has 1 aliphatic carbocycles. The van der Waals surface area contributed by atoms with E-state index in [-0.39, 0.29) is 0 Å². The summed E-state index contributed by atoms with van der Waals surface area (Å²) in [5.74, 6) is 0.770. The Kier molecular flexibility index (Phi) is 6.15. The maximum Gasteiger partial charge on any atom is 0.416 e. The molecule has 1 saturated carbocycles. The van der Waals surface area contributed by atoms with Gasteiger partial charge in [-0.3, -0.25) is 0 Å². The van der Waals surface area contributed by atoms with Gasteiger partial charge in [-0.2, -0.15) is 13.2 Å². The summed E-state index contributed by atoms with van der Waals surface area (Å²) in [6, 6.07) is 5.57. The van der Waals surface area contributed by atoms with Crippen molar-refractivity contribution in [1.82, 2.24) is 0 Å². The minimum absolute atomic E-state index is 0.359. The molecule has 0 amide bonds. The summed E-state index contributed by atoms with van der Waals surface area (Å²) in [6.45, 7) is 0. The topological polar surface area (TPSA) is 0 Å². The fourth-order valence-corrected chi connectivity index (χ4v) is 4.03. The van der Waals surface area contributed by atoms with Gasteiger partial charge in [0, 0.05) is 4.83 Å². The Morgan fingerprint density at radius 1 is 1.00 bits per heavy atom. The van der Waals surface area contributed by atoms with Gasteiger partial charge in [-0.1, -0.05) is 66.6 Å². The molecule has 1 aliphatic rings. The van der Waals surface area contributed by atoms with Gasteiger partial charge in [0.1, 0.15) is 0 Å². The van der Waals surface area contributed by atoms with Gasteiger partial charge < -0.3 is 0 Å². The van der Waals surface area contributed by atoms with Crippen LogP contribution < -0.4 is 0 Å². The summed E-state index contributed by atoms with van der Waals surface area (Å²) in [4.78, 5) is 0.359. The molecule has 2 rings (SSSR count). The van der Waals surface area contributed by atoms with E-state index in [2.05, 4.69) is 15.9 Å². The molecule has 0 heterocycles. The van der Waals surface area contributed by atoms with Crippen molar-refractivity contribution in [2.45, 2.75) is 62.4 Å². The lowest BCUT2D eigenvalue weighted by Gasteiger charge is -2.18. The van der Waals surface area contributed by atoms with Crippen LogP contribution in [0.1, 0.15) is 56.1 Å². The van der Waals surface area contributed by atoms with Crippen LogP contribution in [0.4, 0.5) is 13.2 Å². The first-order valence-corrected chi connectivity index (χ1v) is 8.67. The molecule has 0 aromatic heterocycles. The molecule has 21 heavy (non-hydrogen) atoms. The van der Waals surface area contributed by atoms with E-state index < -0.39 is 11.7 Å². The smallest absolute Gasteiger partial charge is 0.166 e. The zero-order valence-corrected chi connectivity index (χ0v) is 13.7. The highest BCUT2D eigenvalue weighted by molar-refractivity contribution is 9.09. The molecule has 0 saturated heterocycles. The third-order valence-electron chi connectivity index (χ3n) is 4.30. The summed E-state index contributed by atoms with van der Waals surface area (Å²) < 4.78 is 37.6. The van der Waals surface area contributed by atoms with E-state index in [0.717, 1.165) is 24.3 Å². The van der Waals surface area contributed by atoms with Gasteiger partial charge in [0.05, 0.1) is 5.56 Å². The summed E-state index contributed by atoms with van der Waals surface area (Å²) >= 11 is 3.71. The second kappa shape index (κ2) is 7.66. The second-order valence-electron chi connectivity index (χ2n) is 6.09. The fourth-order valence-electron chi connectivity index (χ4n) is 3.13. The molecule has 1 atom stereocenters. The molecule has 0 spiro atoms. The van der Waals surface area contributed by atoms with Gasteiger partial charge in [-0.05, 0) is 36.5 Å². The quantitative estimate of drug-likeness (QED) is 0.431. The van der Waals surface area contributed by atoms with Crippen LogP contribution in [0.5, 0.6) is 0 Å². The Morgan fingerprint density at radius 3 is 2.10 bits per heavy atom. The molecule has 1 aromatic rings. The van der Waals surface area contributed by atoms with E-state index in [1.165, 1.54) is 50.7 Å². The number of hydrogen-bond acceptors (Lipinski definition) is 0. The van der Waals surface area contributed by atoms with Gasteiger partial charge in [-0.15, -0.1) is 0 Å². The molecule has 4 heteroatoms. The predicted molar refractivity (Wildman–Crippen MR) is 83.7 cm³/mol. The van der Waals surface area contributed by atoms with E-state index >= 15 is 0 Å². The monoisotopic (exact) mass is 362 g/mol. The van der Waals surface area contributed by atoms with Crippen molar-refractivity contribution in [3.8, 4) is 0 Å². The number of rotatable bonds is 4. The van der Waals surface area contributed by atoms with Crippen LogP contribution in [0.2, 0.25) is 0 Å². The largest absolute Gasteiger partial charge is 0.416 e. The second-order valence-corrected chi connectivity index (χ2v) is 7.38. The molecular weight excluding hydrogens is 341 g/mol. The van der Waals surface area contributed by atoms with Crippen molar-refractivity contribution < 1.29 is 13.2 Å². The van der Waals surface area contributed by atoms with Crippen molar-refractivity contribution in [2.75, 3.05) is 0 Å². The average molecular weight is 363 g/mol. The molecule has 1 unspecified atom stereocenters. The predicted octanol–water partition coefficient (Wildman–Crippen LogP) is 6.37. The first kappa shape index (κ1) is 16.9. The van der Waals surface area contributed by atoms with E-state index in [1.54, 1.807) is 12.1 Å². The number of benzene rings is 1. The van der Waals surface area contributed by atoms with Crippen molar-refractivity contribution in [2.24, 2.45) is 5.92 Å². The van der Waals surface area contributed by atoms with Crippen molar-refractivity contribution in [3.05, 3.63) is 35.4 Å². The molecule has 0 nitrogen and oxygen atoms in total. The molecule has 1 aromatic carbocycles. The average Bonchev–Trinajstić information content (AvgIpc) is 2.67. The molecule has 0 bridgehead atoms. The van der Waals surface area contributed by atoms with Crippen LogP contribution in [0.3, 0.4) is 0 Å². The number of halogens is 4. The van der Waals surface area contributed by atoms with Crippen molar-refractivity contribution in [1.29, 1.82) is 0 Å². The first-order valence-electron chi connectivity index (χ1n) is 7.75. The van der Waals surface area contributed by atoms with Gasteiger partial charge >= 0.3 is 6.18 Å². The molecule has 0 aliphatic heterocycles. The highest BCUT2D eigenvalue weighted by atomic mass is 79.9. The molecule has 1 fully saturated rings. The third kappa shape index (κ3) is 5.65. The maximum absolute atomic E-state index is 12.5. The van der Waals surface area contributed by atoms with Gasteiger partial charge in [0.15, 0.2) is 0 Å². The lowest BCUT2D eigenvalue weighted by Crippen LogP contribution is -2.11. The minimum atomic E-state index is -4.24. The Bertz CT molecular complexity index is 417. The van der Waals surface area contributed by atoms with Crippen LogP contribution in [-0.4, -0.2) is 4.83 Å². The molecule has 0 N–H and O–H groups in total. The lowest BCUT2D eigenvalue weighted by atomic mass is 9.93. The minimum Gasteiger partial charge on any atom is -0.166 e. The first-order chi connectivity index (χ1) is 9.95. The maximum atomic E-state index is 12.5. The van der Waals surface area contributed by atoms with Crippen LogP contribution in [0.15, 0.2) is 24.3 Å². The Hall–Kier alpha value is -0.510. The normalized spacial score (nSPS) is 19.2. The van der Waals surface area contributed by atoms with E-state index in [0.29, 0.717) is 4.83 Å². The van der Waals surface area contributed by atoms with Gasteiger partial charge in [0.25, 0.3) is 0 Å². The third-order valence-corrected chi connectivity index (χ3v) is 5.00. The summed E-state index contributed by atoms with van der Waals surface area (Å²) in [5, 5.41) is 0. The van der Waals surface area contributed by atoms with Crippen LogP contribution in [-0.2, 0) is 12.6 Å². The van der Waals surface area contributed by atoms with Crippen LogP contribution in [0.25, 0.3) is 0 Å². The number of alkyl halides is 4. The zero-order valence-electron chi connectivity index (χ0n) is 12.1. The van der Waals surface area contributed by atoms with Crippen LogP contribution >= 0.6 is 15.9 Å². The summed E-state index contributed by atoms with van der Waals surface area (Å²) in [6.07, 6.45) is 5.63. The highest BCUT2D eigenvalue weighted by Crippen LogP contribution is 2.31. The lowest BCUT2D eigenvalue weighted by molar-refractivity contribution is -0.137. The van der Waals surface area contributed by atoms with Crippen molar-refractivity contribution in [3.63, 3.8) is 0 Å². The van der Waals surface area contributed by atoms with E-state index in [4.69, 9.17) is 0 Å². The van der Waals surface area contributed by atoms with E-state index in [9.17, 15) is 13.2 Å². The summed E-state index contributed by atoms with van der Waals surface area (Å²) in [7, 11) is 0. The molecule has 0 radical (unpaired) electrons. The van der Waals surface area contributed by atoms with E-state index in [1.807, 2.05) is 0 Å². The Labute approximate surface area is 133 Å². The Morgan fingerprint density at radius 2 is 1.57 bits per heavy atom. The SMILES string of the molecule is FC(F)(F)c1ccc(CC(Br)CC2CCCCCC2)cc1. The summed E-state index contributed by atoms with van der Waals surface area (Å²) in [5.41, 5.74) is 0.402. The molecular formula is C17H22BrF3. The van der Waals surface area contributed by atoms with Crippen LogP contribution in [0, 0.1) is 5.92 Å². The zero-order chi connectivity index (χ0) is 15.3. The standard InChI is InChI=1S/C17H22BrF3/c18-16(11-13-5-3-1-2-4-6-13)12-14-7-9-15(10-8-14)17(19,20)21/h7-10,13,16H,1-6,11-12H2. The highest BCUT2D eigenvalue weighted by Gasteiger charge is 2.30. The fraction of sp³-hybridized carbons (Fsp3) is 0.647. The van der Waals surface area contributed by atoms with Gasteiger partial charge in [0.2, 0.25) is 0 Å². The van der Waals surface area contributed by atoms with Gasteiger partial charge in [-0.25, -0.2) is 0 Å². The molecule has 118 valence electrons.